The summed E-state index contributed by atoms with van der Waals surface area (Å²) < 4.78 is 0. The van der Waals surface area contributed by atoms with Gasteiger partial charge in [0.05, 0.1) is 5.54 Å². The summed E-state index contributed by atoms with van der Waals surface area (Å²) in [5.74, 6) is 0.590. The summed E-state index contributed by atoms with van der Waals surface area (Å²) in [5.41, 5.74) is -0.506. The Morgan fingerprint density at radius 2 is 2.42 bits per heavy atom. The number of carbonyl (C=O) groups excluding carboxylic acids is 1. The Morgan fingerprint density at radius 3 is 3.05 bits per heavy atom. The van der Waals surface area contributed by atoms with E-state index in [1.165, 1.54) is 24.9 Å². The molecule has 1 aromatic rings. The van der Waals surface area contributed by atoms with Gasteiger partial charge in [0.2, 0.25) is 0 Å². The minimum Gasteiger partial charge on any atom is -0.367 e. The summed E-state index contributed by atoms with van der Waals surface area (Å²) >= 11 is 6.07. The first-order valence-electron chi connectivity index (χ1n) is 6.62. The largest absolute Gasteiger partial charge is 0.367 e. The van der Waals surface area contributed by atoms with E-state index in [0.717, 1.165) is 19.3 Å². The minimum atomic E-state index is -0.376. The lowest BCUT2D eigenvalue weighted by Gasteiger charge is -2.39. The third kappa shape index (κ3) is 3.18. The van der Waals surface area contributed by atoms with E-state index in [1.54, 1.807) is 0 Å². The number of pyridine rings is 1. The summed E-state index contributed by atoms with van der Waals surface area (Å²) in [6, 6.07) is 1.35. The van der Waals surface area contributed by atoms with Crippen molar-refractivity contribution in [2.24, 2.45) is 5.92 Å². The molecule has 4 nitrogen and oxygen atoms in total. The van der Waals surface area contributed by atoms with E-state index in [0.29, 0.717) is 11.8 Å². The Morgan fingerprint density at radius 1 is 1.63 bits per heavy atom. The van der Waals surface area contributed by atoms with Crippen LogP contribution in [0.4, 0.5) is 0 Å². The number of nitrogens with one attached hydrogen (secondary N) is 2. The molecular weight excluding hydrogens is 264 g/mol. The molecule has 2 N–H and O–H groups in total. The number of H-pyrrole nitrogens is 1. The van der Waals surface area contributed by atoms with Crippen LogP contribution in [-0.4, -0.2) is 22.3 Å². The summed E-state index contributed by atoms with van der Waals surface area (Å²) in [5, 5.41) is 2.98. The predicted octanol–water partition coefficient (Wildman–Crippen LogP) is 2.29. The van der Waals surface area contributed by atoms with E-state index in [1.807, 2.05) is 0 Å². The molecule has 1 heterocycles. The molecule has 1 aliphatic rings. The lowest BCUT2D eigenvalue weighted by molar-refractivity contribution is 0.0866. The molecule has 1 aliphatic carbocycles. The van der Waals surface area contributed by atoms with Gasteiger partial charge >= 0.3 is 0 Å². The summed E-state index contributed by atoms with van der Waals surface area (Å²) in [6.45, 7) is 2.17. The fourth-order valence-corrected chi connectivity index (χ4v) is 3.14. The third-order valence-electron chi connectivity index (χ3n) is 3.79. The zero-order valence-electron chi connectivity index (χ0n) is 11.0. The van der Waals surface area contributed by atoms with Gasteiger partial charge in [-0.25, -0.2) is 0 Å². The molecule has 0 radical (unpaired) electrons. The van der Waals surface area contributed by atoms with Crippen molar-refractivity contribution in [3.05, 3.63) is 34.2 Å². The zero-order valence-corrected chi connectivity index (χ0v) is 11.8. The van der Waals surface area contributed by atoms with Crippen LogP contribution in [0.1, 0.15) is 43.0 Å². The predicted molar refractivity (Wildman–Crippen MR) is 75.6 cm³/mol. The van der Waals surface area contributed by atoms with Gasteiger partial charge in [0, 0.05) is 24.3 Å². The van der Waals surface area contributed by atoms with Crippen molar-refractivity contribution in [2.45, 2.75) is 38.1 Å². The molecule has 0 aromatic carbocycles. The average molecular weight is 283 g/mol. The molecule has 2 atom stereocenters. The number of alkyl halides is 1. The Balaban J connectivity index is 2.17. The minimum absolute atomic E-state index is 0.144. The van der Waals surface area contributed by atoms with Gasteiger partial charge in [0.25, 0.3) is 5.91 Å². The van der Waals surface area contributed by atoms with E-state index in [2.05, 4.69) is 17.2 Å². The molecule has 0 spiro atoms. The monoisotopic (exact) mass is 282 g/mol. The van der Waals surface area contributed by atoms with Gasteiger partial charge in [-0.1, -0.05) is 19.8 Å². The molecule has 0 aliphatic heterocycles. The van der Waals surface area contributed by atoms with E-state index in [9.17, 15) is 9.59 Å². The van der Waals surface area contributed by atoms with E-state index >= 15 is 0 Å². The van der Waals surface area contributed by atoms with Crippen molar-refractivity contribution in [1.82, 2.24) is 10.3 Å². The molecule has 0 saturated heterocycles. The number of carbonyl (C=O) groups is 1. The zero-order chi connectivity index (χ0) is 13.9. The second kappa shape index (κ2) is 5.78. The van der Waals surface area contributed by atoms with Crippen LogP contribution in [0.2, 0.25) is 0 Å². The SMILES string of the molecule is CC1CCCC(CCl)(NC(=O)c2c[nH]ccc2=O)C1. The molecule has 104 valence electrons. The molecule has 5 heteroatoms. The van der Waals surface area contributed by atoms with Gasteiger partial charge in [-0.3, -0.25) is 9.59 Å². The summed E-state index contributed by atoms with van der Waals surface area (Å²) in [4.78, 5) is 26.6. The Hall–Kier alpha value is -1.29. The Labute approximate surface area is 117 Å². The van der Waals surface area contributed by atoms with Crippen LogP contribution < -0.4 is 10.7 Å². The van der Waals surface area contributed by atoms with Crippen molar-refractivity contribution >= 4 is 17.5 Å². The maximum absolute atomic E-state index is 12.2. The highest BCUT2D eigenvalue weighted by atomic mass is 35.5. The number of rotatable bonds is 3. The highest BCUT2D eigenvalue weighted by molar-refractivity contribution is 6.19. The van der Waals surface area contributed by atoms with E-state index in [4.69, 9.17) is 11.6 Å². The molecule has 1 aromatic heterocycles. The third-order valence-corrected chi connectivity index (χ3v) is 4.31. The van der Waals surface area contributed by atoms with Crippen LogP contribution in [0.15, 0.2) is 23.3 Å². The number of hydrogen-bond donors (Lipinski definition) is 2. The molecule has 2 rings (SSSR count). The van der Waals surface area contributed by atoms with Crippen LogP contribution in [0.3, 0.4) is 0 Å². The lowest BCUT2D eigenvalue weighted by atomic mass is 9.77. The number of aromatic amines is 1. The fourth-order valence-electron chi connectivity index (χ4n) is 2.83. The van der Waals surface area contributed by atoms with Crippen LogP contribution in [0, 0.1) is 5.92 Å². The van der Waals surface area contributed by atoms with Gasteiger partial charge in [0.1, 0.15) is 5.56 Å². The smallest absolute Gasteiger partial charge is 0.257 e. The first kappa shape index (κ1) is 14.1. The normalized spacial score (nSPS) is 26.9. The molecular formula is C14H19ClN2O2. The average Bonchev–Trinajstić information content (AvgIpc) is 2.39. The molecule has 1 fully saturated rings. The van der Waals surface area contributed by atoms with Gasteiger partial charge < -0.3 is 10.3 Å². The van der Waals surface area contributed by atoms with Crippen molar-refractivity contribution in [3.8, 4) is 0 Å². The van der Waals surface area contributed by atoms with Crippen LogP contribution in [0.5, 0.6) is 0 Å². The molecule has 1 amide bonds. The first-order chi connectivity index (χ1) is 9.06. The highest BCUT2D eigenvalue weighted by Crippen LogP contribution is 2.33. The molecule has 19 heavy (non-hydrogen) atoms. The van der Waals surface area contributed by atoms with Crippen LogP contribution in [0.25, 0.3) is 0 Å². The Bertz CT molecular complexity index is 514. The maximum Gasteiger partial charge on any atom is 0.257 e. The summed E-state index contributed by atoms with van der Waals surface area (Å²) in [7, 11) is 0. The fraction of sp³-hybridized carbons (Fsp3) is 0.571. The van der Waals surface area contributed by atoms with Gasteiger partial charge in [-0.15, -0.1) is 11.6 Å². The molecule has 2 unspecified atom stereocenters. The van der Waals surface area contributed by atoms with Crippen molar-refractivity contribution in [3.63, 3.8) is 0 Å². The van der Waals surface area contributed by atoms with Crippen molar-refractivity contribution in [2.75, 3.05) is 5.88 Å². The standard InChI is InChI=1S/C14H19ClN2O2/c1-10-3-2-5-14(7-10,9-15)17-13(19)11-8-16-6-4-12(11)18/h4,6,8,10H,2-3,5,7,9H2,1H3,(H,16,18)(H,17,19). The number of hydrogen-bond acceptors (Lipinski definition) is 2. The molecule has 0 bridgehead atoms. The second-order valence-electron chi connectivity index (χ2n) is 5.49. The quantitative estimate of drug-likeness (QED) is 0.836. The second-order valence-corrected chi connectivity index (χ2v) is 5.76. The topological polar surface area (TPSA) is 62.0 Å². The van der Waals surface area contributed by atoms with Gasteiger partial charge in [-0.2, -0.15) is 0 Å². The van der Waals surface area contributed by atoms with E-state index in [-0.39, 0.29) is 22.4 Å². The van der Waals surface area contributed by atoms with Crippen molar-refractivity contribution < 1.29 is 4.79 Å². The Kier molecular flexibility index (Phi) is 4.30. The number of halogens is 1. The van der Waals surface area contributed by atoms with Crippen LogP contribution >= 0.6 is 11.6 Å². The highest BCUT2D eigenvalue weighted by Gasteiger charge is 2.36. The van der Waals surface area contributed by atoms with Crippen molar-refractivity contribution in [1.29, 1.82) is 0 Å². The first-order valence-corrected chi connectivity index (χ1v) is 7.15. The van der Waals surface area contributed by atoms with Gasteiger partial charge in [-0.05, 0) is 18.8 Å². The van der Waals surface area contributed by atoms with Crippen LogP contribution in [-0.2, 0) is 0 Å². The van der Waals surface area contributed by atoms with Gasteiger partial charge in [0.15, 0.2) is 5.43 Å². The number of aromatic nitrogens is 1. The summed E-state index contributed by atoms with van der Waals surface area (Å²) in [6.07, 6.45) is 6.91. The maximum atomic E-state index is 12.2. The lowest BCUT2D eigenvalue weighted by Crippen LogP contribution is -2.53. The molecule has 1 saturated carbocycles. The van der Waals surface area contributed by atoms with E-state index < -0.39 is 0 Å². The number of amides is 1.